The summed E-state index contributed by atoms with van der Waals surface area (Å²) in [6, 6.07) is -0.501. The summed E-state index contributed by atoms with van der Waals surface area (Å²) in [4.78, 5) is 10.1. The maximum Gasteiger partial charge on any atom is 0.235 e. The lowest BCUT2D eigenvalue weighted by Gasteiger charge is -2.11. The molecule has 0 aromatic rings. The Labute approximate surface area is 65.6 Å². The summed E-state index contributed by atoms with van der Waals surface area (Å²) >= 11 is 0. The fourth-order valence-corrected chi connectivity index (χ4v) is 1.09. The summed E-state index contributed by atoms with van der Waals surface area (Å²) in [5.41, 5.74) is 2.28. The van der Waals surface area contributed by atoms with E-state index in [0.29, 0.717) is 6.42 Å². The van der Waals surface area contributed by atoms with Gasteiger partial charge in [-0.05, 0) is 19.9 Å². The van der Waals surface area contributed by atoms with Crippen LogP contribution in [0.4, 0.5) is 0 Å². The third kappa shape index (κ3) is 1.67. The molecular formula is C8H11NO2. The molecule has 0 heterocycles. The largest absolute Gasteiger partial charge is 0.264 e. The highest BCUT2D eigenvalue weighted by atomic mass is 16.6. The maximum absolute atomic E-state index is 10.3. The predicted octanol–water partition coefficient (Wildman–Crippen LogP) is 1.93. The number of hydrogen-bond donors (Lipinski definition) is 0. The summed E-state index contributed by atoms with van der Waals surface area (Å²) < 4.78 is 0. The smallest absolute Gasteiger partial charge is 0.235 e. The molecule has 1 aliphatic carbocycles. The number of nitro groups is 1. The fourth-order valence-electron chi connectivity index (χ4n) is 1.09. The van der Waals surface area contributed by atoms with Crippen molar-refractivity contribution in [2.45, 2.75) is 26.3 Å². The molecule has 0 saturated carbocycles. The second kappa shape index (κ2) is 2.86. The first-order valence-corrected chi connectivity index (χ1v) is 3.59. The first-order chi connectivity index (χ1) is 5.11. The SMILES string of the molecule is CC1=C(C)CC([N+](=O)[O-])C=C1. The zero-order chi connectivity index (χ0) is 8.43. The number of nitrogens with zero attached hydrogens (tertiary/aromatic N) is 1. The van der Waals surface area contributed by atoms with E-state index in [0.717, 1.165) is 11.1 Å². The molecule has 11 heavy (non-hydrogen) atoms. The Morgan fingerprint density at radius 3 is 2.73 bits per heavy atom. The molecule has 0 saturated heterocycles. The van der Waals surface area contributed by atoms with Crippen LogP contribution >= 0.6 is 0 Å². The highest BCUT2D eigenvalue weighted by Crippen LogP contribution is 2.19. The van der Waals surface area contributed by atoms with Gasteiger partial charge >= 0.3 is 0 Å². The molecule has 1 atom stereocenters. The van der Waals surface area contributed by atoms with Crippen molar-refractivity contribution in [1.82, 2.24) is 0 Å². The minimum atomic E-state index is -0.501. The Morgan fingerprint density at radius 2 is 2.27 bits per heavy atom. The van der Waals surface area contributed by atoms with Crippen molar-refractivity contribution in [3.8, 4) is 0 Å². The molecule has 0 aliphatic heterocycles. The number of allylic oxidation sites excluding steroid dienone is 2. The van der Waals surface area contributed by atoms with Crippen molar-refractivity contribution in [2.75, 3.05) is 0 Å². The fraction of sp³-hybridized carbons (Fsp3) is 0.500. The second-order valence-corrected chi connectivity index (χ2v) is 2.88. The molecule has 60 valence electrons. The molecule has 0 aromatic heterocycles. The van der Waals surface area contributed by atoms with E-state index in [1.807, 2.05) is 19.9 Å². The van der Waals surface area contributed by atoms with Gasteiger partial charge in [-0.25, -0.2) is 0 Å². The summed E-state index contributed by atoms with van der Waals surface area (Å²) in [7, 11) is 0. The first kappa shape index (κ1) is 7.98. The van der Waals surface area contributed by atoms with E-state index in [2.05, 4.69) is 0 Å². The Kier molecular flexibility index (Phi) is 2.08. The van der Waals surface area contributed by atoms with Crippen LogP contribution < -0.4 is 0 Å². The van der Waals surface area contributed by atoms with E-state index in [1.165, 1.54) is 0 Å². The highest BCUT2D eigenvalue weighted by molar-refractivity contribution is 5.28. The Bertz CT molecular complexity index is 240. The normalized spacial score (nSPS) is 24.0. The Morgan fingerprint density at radius 1 is 1.64 bits per heavy atom. The molecule has 1 aliphatic rings. The molecule has 0 N–H and O–H groups in total. The van der Waals surface area contributed by atoms with Crippen molar-refractivity contribution in [2.24, 2.45) is 0 Å². The average molecular weight is 153 g/mol. The van der Waals surface area contributed by atoms with Gasteiger partial charge in [-0.3, -0.25) is 10.1 Å². The molecule has 0 aromatic carbocycles. The van der Waals surface area contributed by atoms with Crippen molar-refractivity contribution in [1.29, 1.82) is 0 Å². The van der Waals surface area contributed by atoms with Crippen LogP contribution in [0.3, 0.4) is 0 Å². The van der Waals surface area contributed by atoms with Gasteiger partial charge in [0.15, 0.2) is 0 Å². The summed E-state index contributed by atoms with van der Waals surface area (Å²) in [5, 5.41) is 10.3. The van der Waals surface area contributed by atoms with E-state index < -0.39 is 6.04 Å². The summed E-state index contributed by atoms with van der Waals surface area (Å²) in [6.07, 6.45) is 4.05. The molecule has 0 amide bonds. The summed E-state index contributed by atoms with van der Waals surface area (Å²) in [6.45, 7) is 3.91. The molecule has 1 unspecified atom stereocenters. The van der Waals surface area contributed by atoms with Gasteiger partial charge in [-0.1, -0.05) is 17.2 Å². The van der Waals surface area contributed by atoms with Crippen LogP contribution in [0, 0.1) is 10.1 Å². The molecular weight excluding hydrogens is 142 g/mol. The summed E-state index contributed by atoms with van der Waals surface area (Å²) in [5.74, 6) is 0. The van der Waals surface area contributed by atoms with Crippen molar-refractivity contribution in [3.63, 3.8) is 0 Å². The third-order valence-electron chi connectivity index (χ3n) is 2.03. The highest BCUT2D eigenvalue weighted by Gasteiger charge is 2.19. The van der Waals surface area contributed by atoms with Crippen LogP contribution in [0.15, 0.2) is 23.3 Å². The third-order valence-corrected chi connectivity index (χ3v) is 2.03. The van der Waals surface area contributed by atoms with Gasteiger partial charge in [0.2, 0.25) is 6.04 Å². The molecule has 0 fully saturated rings. The zero-order valence-electron chi connectivity index (χ0n) is 6.70. The van der Waals surface area contributed by atoms with Crippen LogP contribution in [0.5, 0.6) is 0 Å². The van der Waals surface area contributed by atoms with Crippen molar-refractivity contribution < 1.29 is 4.92 Å². The second-order valence-electron chi connectivity index (χ2n) is 2.88. The number of hydrogen-bond acceptors (Lipinski definition) is 2. The lowest BCUT2D eigenvalue weighted by molar-refractivity contribution is -0.508. The molecule has 3 heteroatoms. The van der Waals surface area contributed by atoms with Gasteiger partial charge in [-0.2, -0.15) is 0 Å². The average Bonchev–Trinajstić information content (AvgIpc) is 1.94. The maximum atomic E-state index is 10.3. The van der Waals surface area contributed by atoms with Gasteiger partial charge in [0.1, 0.15) is 0 Å². The molecule has 3 nitrogen and oxygen atoms in total. The monoisotopic (exact) mass is 153 g/mol. The van der Waals surface area contributed by atoms with Crippen LogP contribution in [0.25, 0.3) is 0 Å². The molecule has 0 bridgehead atoms. The van der Waals surface area contributed by atoms with Crippen molar-refractivity contribution in [3.05, 3.63) is 33.4 Å². The molecule has 1 rings (SSSR count). The van der Waals surface area contributed by atoms with Crippen LogP contribution in [0.1, 0.15) is 20.3 Å². The minimum Gasteiger partial charge on any atom is -0.264 e. The standard InChI is InChI=1S/C8H11NO2/c1-6-3-4-8(9(10)11)5-7(6)2/h3-4,8H,5H2,1-2H3. The van der Waals surface area contributed by atoms with Crippen molar-refractivity contribution >= 4 is 0 Å². The molecule has 0 spiro atoms. The lowest BCUT2D eigenvalue weighted by Crippen LogP contribution is -2.19. The first-order valence-electron chi connectivity index (χ1n) is 3.59. The topological polar surface area (TPSA) is 43.1 Å². The Balaban J connectivity index is 2.74. The van der Waals surface area contributed by atoms with E-state index in [-0.39, 0.29) is 4.92 Å². The van der Waals surface area contributed by atoms with E-state index >= 15 is 0 Å². The van der Waals surface area contributed by atoms with Gasteiger partial charge in [0, 0.05) is 11.3 Å². The van der Waals surface area contributed by atoms with Gasteiger partial charge in [0.25, 0.3) is 0 Å². The van der Waals surface area contributed by atoms with Crippen LogP contribution in [-0.2, 0) is 0 Å². The molecule has 0 radical (unpaired) electrons. The predicted molar refractivity (Wildman–Crippen MR) is 42.9 cm³/mol. The Hall–Kier alpha value is -1.12. The van der Waals surface area contributed by atoms with Gasteiger partial charge in [0.05, 0.1) is 0 Å². The minimum absolute atomic E-state index is 0.244. The number of rotatable bonds is 1. The van der Waals surface area contributed by atoms with Crippen LogP contribution in [-0.4, -0.2) is 11.0 Å². The lowest BCUT2D eigenvalue weighted by atomic mass is 9.97. The van der Waals surface area contributed by atoms with E-state index in [1.54, 1.807) is 6.08 Å². The quantitative estimate of drug-likeness (QED) is 0.426. The van der Waals surface area contributed by atoms with Crippen LogP contribution in [0.2, 0.25) is 0 Å². The van der Waals surface area contributed by atoms with E-state index in [4.69, 9.17) is 0 Å². The van der Waals surface area contributed by atoms with E-state index in [9.17, 15) is 10.1 Å². The van der Waals surface area contributed by atoms with Gasteiger partial charge in [-0.15, -0.1) is 0 Å². The zero-order valence-corrected chi connectivity index (χ0v) is 6.70. The van der Waals surface area contributed by atoms with Gasteiger partial charge < -0.3 is 0 Å².